The normalized spacial score (nSPS) is 10.5. The summed E-state index contributed by atoms with van der Waals surface area (Å²) in [6.07, 6.45) is -3.07. The summed E-state index contributed by atoms with van der Waals surface area (Å²) < 4.78 is 47.2. The SMILES string of the molecule is CCOC(=O)c1cc(C(F)F)c(F)nc1OC. The van der Waals surface area contributed by atoms with E-state index in [2.05, 4.69) is 14.5 Å². The Balaban J connectivity index is 3.26. The second kappa shape index (κ2) is 5.51. The van der Waals surface area contributed by atoms with Gasteiger partial charge >= 0.3 is 5.97 Å². The molecule has 0 aromatic carbocycles. The average molecular weight is 249 g/mol. The zero-order valence-electron chi connectivity index (χ0n) is 9.17. The van der Waals surface area contributed by atoms with Gasteiger partial charge in [0.25, 0.3) is 6.43 Å². The van der Waals surface area contributed by atoms with Crippen LogP contribution in [0.25, 0.3) is 0 Å². The van der Waals surface area contributed by atoms with Gasteiger partial charge in [0.2, 0.25) is 11.8 Å². The van der Waals surface area contributed by atoms with E-state index in [4.69, 9.17) is 0 Å². The molecule has 7 heteroatoms. The number of methoxy groups -OCH3 is 1. The van der Waals surface area contributed by atoms with Gasteiger partial charge in [-0.3, -0.25) is 0 Å². The molecule has 17 heavy (non-hydrogen) atoms. The largest absolute Gasteiger partial charge is 0.480 e. The molecule has 0 N–H and O–H groups in total. The highest BCUT2D eigenvalue weighted by Crippen LogP contribution is 2.26. The van der Waals surface area contributed by atoms with Gasteiger partial charge < -0.3 is 9.47 Å². The van der Waals surface area contributed by atoms with Crippen molar-refractivity contribution in [1.29, 1.82) is 0 Å². The molecule has 0 fully saturated rings. The first kappa shape index (κ1) is 13.3. The summed E-state index contributed by atoms with van der Waals surface area (Å²) in [5.74, 6) is -2.64. The van der Waals surface area contributed by atoms with Crippen molar-refractivity contribution in [2.45, 2.75) is 13.3 Å². The van der Waals surface area contributed by atoms with Crippen LogP contribution in [0.3, 0.4) is 0 Å². The Hall–Kier alpha value is -1.79. The predicted molar refractivity (Wildman–Crippen MR) is 51.7 cm³/mol. The minimum atomic E-state index is -3.07. The van der Waals surface area contributed by atoms with Gasteiger partial charge in [0.1, 0.15) is 5.56 Å². The fourth-order valence-electron chi connectivity index (χ4n) is 1.15. The summed E-state index contributed by atoms with van der Waals surface area (Å²) in [4.78, 5) is 14.5. The maximum Gasteiger partial charge on any atom is 0.343 e. The summed E-state index contributed by atoms with van der Waals surface area (Å²) in [5.41, 5.74) is -1.29. The Morgan fingerprint density at radius 1 is 1.53 bits per heavy atom. The molecule has 1 aromatic heterocycles. The minimum absolute atomic E-state index is 0.0589. The molecule has 4 nitrogen and oxygen atoms in total. The molecule has 94 valence electrons. The van der Waals surface area contributed by atoms with Crippen molar-refractivity contribution in [3.8, 4) is 5.88 Å². The van der Waals surface area contributed by atoms with Gasteiger partial charge in [-0.25, -0.2) is 13.6 Å². The van der Waals surface area contributed by atoms with E-state index in [1.54, 1.807) is 6.92 Å². The van der Waals surface area contributed by atoms with Crippen molar-refractivity contribution >= 4 is 5.97 Å². The lowest BCUT2D eigenvalue weighted by molar-refractivity contribution is 0.0520. The fourth-order valence-corrected chi connectivity index (χ4v) is 1.15. The van der Waals surface area contributed by atoms with E-state index in [1.807, 2.05) is 0 Å². The lowest BCUT2D eigenvalue weighted by Gasteiger charge is -2.09. The molecule has 0 aliphatic rings. The van der Waals surface area contributed by atoms with Crippen molar-refractivity contribution in [3.63, 3.8) is 0 Å². The van der Waals surface area contributed by atoms with Crippen LogP contribution >= 0.6 is 0 Å². The molecular weight excluding hydrogens is 239 g/mol. The standard InChI is InChI=1S/C10H10F3NO3/c1-3-17-10(15)6-4-5(7(11)12)8(13)14-9(6)16-2/h4,7H,3H2,1-2H3. The van der Waals surface area contributed by atoms with E-state index in [0.717, 1.165) is 7.11 Å². The highest BCUT2D eigenvalue weighted by Gasteiger charge is 2.23. The molecule has 0 aliphatic heterocycles. The van der Waals surface area contributed by atoms with Gasteiger partial charge in [0.15, 0.2) is 0 Å². The highest BCUT2D eigenvalue weighted by molar-refractivity contribution is 5.92. The fraction of sp³-hybridized carbons (Fsp3) is 0.400. The predicted octanol–water partition coefficient (Wildman–Crippen LogP) is 2.34. The zero-order chi connectivity index (χ0) is 13.0. The van der Waals surface area contributed by atoms with Gasteiger partial charge in [-0.2, -0.15) is 9.37 Å². The van der Waals surface area contributed by atoms with E-state index in [0.29, 0.717) is 6.07 Å². The maximum absolute atomic E-state index is 13.1. The highest BCUT2D eigenvalue weighted by atomic mass is 19.3. The van der Waals surface area contributed by atoms with Crippen molar-refractivity contribution < 1.29 is 27.4 Å². The summed E-state index contributed by atoms with van der Waals surface area (Å²) in [6, 6.07) is 0.684. The van der Waals surface area contributed by atoms with E-state index >= 15 is 0 Å². The summed E-state index contributed by atoms with van der Waals surface area (Å²) >= 11 is 0. The third kappa shape index (κ3) is 2.86. The van der Waals surface area contributed by atoms with Crippen molar-refractivity contribution in [1.82, 2.24) is 4.98 Å². The van der Waals surface area contributed by atoms with Crippen LogP contribution < -0.4 is 4.74 Å². The number of esters is 1. The Morgan fingerprint density at radius 3 is 2.65 bits per heavy atom. The second-order valence-electron chi connectivity index (χ2n) is 2.95. The third-order valence-corrected chi connectivity index (χ3v) is 1.89. The van der Waals surface area contributed by atoms with Gasteiger partial charge in [-0.05, 0) is 13.0 Å². The number of nitrogens with zero attached hydrogens (tertiary/aromatic N) is 1. The van der Waals surface area contributed by atoms with E-state index in [-0.39, 0.29) is 18.1 Å². The van der Waals surface area contributed by atoms with Crippen LogP contribution in [0.15, 0.2) is 6.07 Å². The number of carbonyl (C=O) groups is 1. The Morgan fingerprint density at radius 2 is 2.18 bits per heavy atom. The third-order valence-electron chi connectivity index (χ3n) is 1.89. The molecule has 1 rings (SSSR count). The van der Waals surface area contributed by atoms with Crippen LogP contribution in [0.2, 0.25) is 0 Å². The molecule has 0 unspecified atom stereocenters. The molecule has 0 saturated heterocycles. The molecule has 0 atom stereocenters. The molecule has 0 aliphatic carbocycles. The van der Waals surface area contributed by atoms with Crippen LogP contribution in [0.1, 0.15) is 29.3 Å². The summed E-state index contributed by atoms with van der Waals surface area (Å²) in [5, 5.41) is 0. The average Bonchev–Trinajstić information content (AvgIpc) is 2.28. The monoisotopic (exact) mass is 249 g/mol. The molecule has 1 aromatic rings. The number of halogens is 3. The number of pyridine rings is 1. The minimum Gasteiger partial charge on any atom is -0.480 e. The molecule has 0 radical (unpaired) electrons. The number of hydrogen-bond donors (Lipinski definition) is 0. The van der Waals surface area contributed by atoms with Crippen LogP contribution in [-0.4, -0.2) is 24.7 Å². The van der Waals surface area contributed by atoms with Gasteiger partial charge in [-0.15, -0.1) is 0 Å². The number of ether oxygens (including phenoxy) is 2. The first-order valence-corrected chi connectivity index (χ1v) is 4.71. The van der Waals surface area contributed by atoms with E-state index in [9.17, 15) is 18.0 Å². The van der Waals surface area contributed by atoms with Crippen LogP contribution in [0.4, 0.5) is 13.2 Å². The van der Waals surface area contributed by atoms with Crippen molar-refractivity contribution in [2.24, 2.45) is 0 Å². The maximum atomic E-state index is 13.1. The number of alkyl halides is 2. The first-order chi connectivity index (χ1) is 8.01. The van der Waals surface area contributed by atoms with Crippen molar-refractivity contribution in [3.05, 3.63) is 23.1 Å². The molecule has 0 saturated carbocycles. The number of rotatable bonds is 4. The van der Waals surface area contributed by atoms with Gasteiger partial charge in [-0.1, -0.05) is 0 Å². The quantitative estimate of drug-likeness (QED) is 0.607. The van der Waals surface area contributed by atoms with Gasteiger partial charge in [0, 0.05) is 0 Å². The molecule has 0 amide bonds. The zero-order valence-corrected chi connectivity index (χ0v) is 9.17. The van der Waals surface area contributed by atoms with Crippen LogP contribution in [-0.2, 0) is 4.74 Å². The second-order valence-corrected chi connectivity index (χ2v) is 2.95. The van der Waals surface area contributed by atoms with Gasteiger partial charge in [0.05, 0.1) is 19.3 Å². The first-order valence-electron chi connectivity index (χ1n) is 4.71. The smallest absolute Gasteiger partial charge is 0.343 e. The molecule has 0 spiro atoms. The van der Waals surface area contributed by atoms with E-state index < -0.39 is 23.9 Å². The Bertz CT molecular complexity index is 424. The number of aromatic nitrogens is 1. The topological polar surface area (TPSA) is 48.4 Å². The summed E-state index contributed by atoms with van der Waals surface area (Å²) in [7, 11) is 1.15. The van der Waals surface area contributed by atoms with E-state index in [1.165, 1.54) is 0 Å². The summed E-state index contributed by atoms with van der Waals surface area (Å²) in [6.45, 7) is 1.61. The molecular formula is C10H10F3NO3. The lowest BCUT2D eigenvalue weighted by atomic mass is 10.2. The number of carbonyl (C=O) groups excluding carboxylic acids is 1. The van der Waals surface area contributed by atoms with Crippen molar-refractivity contribution in [2.75, 3.05) is 13.7 Å². The van der Waals surface area contributed by atoms with Crippen LogP contribution in [0, 0.1) is 5.95 Å². The Labute approximate surface area is 95.4 Å². The Kier molecular flexibility index (Phi) is 4.30. The number of hydrogen-bond acceptors (Lipinski definition) is 4. The lowest BCUT2D eigenvalue weighted by Crippen LogP contribution is -2.10. The van der Waals surface area contributed by atoms with Crippen LogP contribution in [0.5, 0.6) is 5.88 Å². The molecule has 0 bridgehead atoms. The molecule has 1 heterocycles.